The highest BCUT2D eigenvalue weighted by Crippen LogP contribution is 2.34. The van der Waals surface area contributed by atoms with Gasteiger partial charge in [0.25, 0.3) is 0 Å². The number of piperazine rings is 2. The average Bonchev–Trinajstić information content (AvgIpc) is 2.99. The number of hydrogen-bond donors (Lipinski definition) is 0. The van der Waals surface area contributed by atoms with E-state index in [1.165, 1.54) is 0 Å². The van der Waals surface area contributed by atoms with Gasteiger partial charge in [-0.25, -0.2) is 8.78 Å². The number of anilines is 2. The minimum absolute atomic E-state index is 0.194. The number of ether oxygens (including phenoxy) is 2. The Bertz CT molecular complexity index is 1030. The SMILES string of the molecule is COCCN1CCN(c2cccc(C(C)C(=O)C(C)c3cccc(N4CCN(CCOC)CC4)c3F)c2F)CC1. The third-order valence-electron chi connectivity index (χ3n) is 8.45. The molecule has 2 unspecified atom stereocenters. The van der Waals surface area contributed by atoms with Crippen molar-refractivity contribution in [1.82, 2.24) is 9.80 Å². The van der Waals surface area contributed by atoms with Crippen molar-refractivity contribution in [3.8, 4) is 0 Å². The third-order valence-corrected chi connectivity index (χ3v) is 8.45. The summed E-state index contributed by atoms with van der Waals surface area (Å²) in [7, 11) is 3.39. The van der Waals surface area contributed by atoms with Crippen molar-refractivity contribution < 1.29 is 23.0 Å². The van der Waals surface area contributed by atoms with E-state index in [0.717, 1.165) is 39.3 Å². The van der Waals surface area contributed by atoms with Crippen molar-refractivity contribution in [2.45, 2.75) is 25.7 Å². The molecular weight excluding hydrogens is 514 g/mol. The Kier molecular flexibility index (Phi) is 10.9. The van der Waals surface area contributed by atoms with Gasteiger partial charge in [-0.05, 0) is 12.1 Å². The Labute approximate surface area is 237 Å². The fourth-order valence-corrected chi connectivity index (χ4v) is 5.78. The number of halogens is 2. The van der Waals surface area contributed by atoms with E-state index in [-0.39, 0.29) is 17.4 Å². The van der Waals surface area contributed by atoms with Crippen LogP contribution in [-0.2, 0) is 14.3 Å². The molecule has 7 nitrogen and oxygen atoms in total. The van der Waals surface area contributed by atoms with Gasteiger partial charge in [0, 0.05) is 103 Å². The van der Waals surface area contributed by atoms with Crippen LogP contribution >= 0.6 is 0 Å². The van der Waals surface area contributed by atoms with Crippen LogP contribution in [0.1, 0.15) is 36.8 Å². The second-order valence-electron chi connectivity index (χ2n) is 10.8. The lowest BCUT2D eigenvalue weighted by Crippen LogP contribution is -2.47. The Morgan fingerprint density at radius 2 is 1.07 bits per heavy atom. The van der Waals surface area contributed by atoms with Crippen molar-refractivity contribution in [2.75, 3.05) is 103 Å². The molecule has 2 heterocycles. The van der Waals surface area contributed by atoms with E-state index in [2.05, 4.69) is 9.80 Å². The summed E-state index contributed by atoms with van der Waals surface area (Å²) in [5.74, 6) is -2.32. The molecule has 2 atom stereocenters. The van der Waals surface area contributed by atoms with Gasteiger partial charge in [-0.15, -0.1) is 0 Å². The summed E-state index contributed by atoms with van der Waals surface area (Å²) in [5.41, 5.74) is 1.77. The smallest absolute Gasteiger partial charge is 0.150 e. The largest absolute Gasteiger partial charge is 0.383 e. The first-order chi connectivity index (χ1) is 19.3. The van der Waals surface area contributed by atoms with Crippen LogP contribution < -0.4 is 9.80 Å². The summed E-state index contributed by atoms with van der Waals surface area (Å²) in [6.07, 6.45) is 0. The predicted molar refractivity (Wildman–Crippen MR) is 156 cm³/mol. The molecule has 2 aromatic carbocycles. The lowest BCUT2D eigenvalue weighted by molar-refractivity contribution is -0.121. The van der Waals surface area contributed by atoms with Gasteiger partial charge in [-0.1, -0.05) is 38.1 Å². The fourth-order valence-electron chi connectivity index (χ4n) is 5.78. The van der Waals surface area contributed by atoms with Crippen molar-refractivity contribution in [1.29, 1.82) is 0 Å². The van der Waals surface area contributed by atoms with Crippen LogP contribution in [0, 0.1) is 11.6 Å². The Morgan fingerprint density at radius 1 is 0.700 bits per heavy atom. The van der Waals surface area contributed by atoms with Crippen LogP contribution in [-0.4, -0.2) is 108 Å². The molecule has 0 aliphatic carbocycles. The minimum atomic E-state index is -0.703. The number of hydrogen-bond acceptors (Lipinski definition) is 7. The molecule has 2 aliphatic rings. The van der Waals surface area contributed by atoms with Crippen LogP contribution in [0.15, 0.2) is 36.4 Å². The van der Waals surface area contributed by atoms with Crippen LogP contribution in [0.25, 0.3) is 0 Å². The molecular formula is C31H44F2N4O3. The van der Waals surface area contributed by atoms with E-state index < -0.39 is 11.8 Å². The van der Waals surface area contributed by atoms with Crippen LogP contribution in [0.3, 0.4) is 0 Å². The molecule has 2 aromatic rings. The van der Waals surface area contributed by atoms with Gasteiger partial charge in [0.2, 0.25) is 0 Å². The second kappa shape index (κ2) is 14.3. The first kappa shape index (κ1) is 30.4. The maximum atomic E-state index is 15.8. The van der Waals surface area contributed by atoms with Gasteiger partial charge >= 0.3 is 0 Å². The highest BCUT2D eigenvalue weighted by molar-refractivity contribution is 5.91. The topological polar surface area (TPSA) is 48.5 Å². The zero-order valence-electron chi connectivity index (χ0n) is 24.4. The maximum absolute atomic E-state index is 15.8. The molecule has 40 heavy (non-hydrogen) atoms. The monoisotopic (exact) mass is 558 g/mol. The van der Waals surface area contributed by atoms with Crippen molar-refractivity contribution >= 4 is 17.2 Å². The summed E-state index contributed by atoms with van der Waals surface area (Å²) in [5, 5.41) is 0. The van der Waals surface area contributed by atoms with Gasteiger partial charge in [0.15, 0.2) is 0 Å². The molecule has 0 radical (unpaired) electrons. The molecule has 0 spiro atoms. The molecule has 0 aromatic heterocycles. The van der Waals surface area contributed by atoms with Gasteiger partial charge in [0.1, 0.15) is 17.4 Å². The summed E-state index contributed by atoms with van der Waals surface area (Å²) in [6.45, 7) is 12.7. The third kappa shape index (κ3) is 7.00. The maximum Gasteiger partial charge on any atom is 0.150 e. The minimum Gasteiger partial charge on any atom is -0.383 e. The summed E-state index contributed by atoms with van der Waals surface area (Å²) >= 11 is 0. The Hall–Kier alpha value is -2.59. The standard InChI is InChI=1S/C31H44F2N4O3/c1-23(25-7-5-9-27(29(25)32)36-15-11-34(12-16-36)19-21-39-3)31(38)24(2)26-8-6-10-28(30(26)33)37-17-13-35(14-18-37)20-22-40-4/h5-10,23-24H,11-22H2,1-4H3. The highest BCUT2D eigenvalue weighted by atomic mass is 19.1. The van der Waals surface area contributed by atoms with E-state index in [1.807, 2.05) is 21.9 Å². The van der Waals surface area contributed by atoms with E-state index in [0.29, 0.717) is 61.9 Å². The quantitative estimate of drug-likeness (QED) is 0.391. The molecule has 4 rings (SSSR count). The number of carbonyl (C=O) groups is 1. The van der Waals surface area contributed by atoms with E-state index in [9.17, 15) is 4.79 Å². The van der Waals surface area contributed by atoms with Crippen molar-refractivity contribution in [2.24, 2.45) is 0 Å². The molecule has 2 aliphatic heterocycles. The number of methoxy groups -OCH3 is 2. The van der Waals surface area contributed by atoms with E-state index in [4.69, 9.17) is 9.47 Å². The molecule has 0 saturated carbocycles. The first-order valence-electron chi connectivity index (χ1n) is 14.4. The number of benzene rings is 2. The molecule has 0 bridgehead atoms. The molecule has 2 saturated heterocycles. The average molecular weight is 559 g/mol. The molecule has 0 N–H and O–H groups in total. The summed E-state index contributed by atoms with van der Waals surface area (Å²) < 4.78 is 42.0. The second-order valence-corrected chi connectivity index (χ2v) is 10.8. The molecule has 0 amide bonds. The van der Waals surface area contributed by atoms with Crippen LogP contribution in [0.2, 0.25) is 0 Å². The zero-order chi connectivity index (χ0) is 28.6. The van der Waals surface area contributed by atoms with E-state index in [1.54, 1.807) is 52.3 Å². The number of nitrogens with zero attached hydrogens (tertiary/aromatic N) is 4. The van der Waals surface area contributed by atoms with E-state index >= 15 is 8.78 Å². The van der Waals surface area contributed by atoms with Crippen molar-refractivity contribution in [3.63, 3.8) is 0 Å². The number of carbonyl (C=O) groups excluding carboxylic acids is 1. The molecule has 220 valence electrons. The van der Waals surface area contributed by atoms with Gasteiger partial charge in [-0.2, -0.15) is 0 Å². The molecule has 9 heteroatoms. The first-order valence-corrected chi connectivity index (χ1v) is 14.4. The predicted octanol–water partition coefficient (Wildman–Crippen LogP) is 3.98. The number of Topliss-reactive ketones (excluding diaryl/α,β-unsaturated/α-hetero) is 1. The van der Waals surface area contributed by atoms with Crippen LogP contribution in [0.5, 0.6) is 0 Å². The molecule has 2 fully saturated rings. The van der Waals surface area contributed by atoms with Gasteiger partial charge in [-0.3, -0.25) is 14.6 Å². The Balaban J connectivity index is 1.44. The van der Waals surface area contributed by atoms with Gasteiger partial charge in [0.05, 0.1) is 24.6 Å². The summed E-state index contributed by atoms with van der Waals surface area (Å²) in [6, 6.07) is 10.5. The highest BCUT2D eigenvalue weighted by Gasteiger charge is 2.30. The zero-order valence-corrected chi connectivity index (χ0v) is 24.4. The number of ketones is 1. The lowest BCUT2D eigenvalue weighted by Gasteiger charge is -2.36. The van der Waals surface area contributed by atoms with Crippen molar-refractivity contribution in [3.05, 3.63) is 59.2 Å². The van der Waals surface area contributed by atoms with Gasteiger partial charge < -0.3 is 19.3 Å². The summed E-state index contributed by atoms with van der Waals surface area (Å²) in [4.78, 5) is 22.3. The number of rotatable bonds is 12. The van der Waals surface area contributed by atoms with Crippen LogP contribution in [0.4, 0.5) is 20.2 Å². The lowest BCUT2D eigenvalue weighted by atomic mass is 9.85. The Morgan fingerprint density at radius 3 is 1.43 bits per heavy atom. The fraction of sp³-hybridized carbons (Fsp3) is 0.581. The normalized spacial score (nSPS) is 18.6.